The fraction of sp³-hybridized carbons (Fsp3) is 0.778. The second-order valence-corrected chi connectivity index (χ2v) is 9.42. The van der Waals surface area contributed by atoms with E-state index in [0.717, 1.165) is 0 Å². The van der Waals surface area contributed by atoms with Gasteiger partial charge in [0.25, 0.3) is 0 Å². The number of carbonyl (C=O) groups is 6. The minimum absolute atomic E-state index is 0.0361. The number of ketones is 1. The molecule has 0 aromatic carbocycles. The van der Waals surface area contributed by atoms with Crippen molar-refractivity contribution in [3.05, 3.63) is 0 Å². The number of Topliss-reactive ketones (excluding diaryl/α,β-unsaturated/α-hetero) is 1. The Morgan fingerprint density at radius 1 is 0.641 bits per heavy atom. The third-order valence-electron chi connectivity index (χ3n) is 5.69. The van der Waals surface area contributed by atoms with Crippen molar-refractivity contribution in [2.75, 3.05) is 6.61 Å². The molecule has 0 spiro atoms. The molecule has 1 rings (SSSR count). The van der Waals surface area contributed by atoms with Crippen LogP contribution in [0.15, 0.2) is 0 Å². The lowest BCUT2D eigenvalue weighted by Gasteiger charge is -2.44. The van der Waals surface area contributed by atoms with E-state index in [9.17, 15) is 28.8 Å². The zero-order valence-corrected chi connectivity index (χ0v) is 23.7. The molecule has 1 N–H and O–H groups in total. The van der Waals surface area contributed by atoms with Crippen LogP contribution in [0.4, 0.5) is 0 Å². The molecule has 1 fully saturated rings. The van der Waals surface area contributed by atoms with E-state index in [1.807, 2.05) is 0 Å². The maximum absolute atomic E-state index is 12.8. The van der Waals surface area contributed by atoms with Crippen LogP contribution in [0, 0.1) is 0 Å². The van der Waals surface area contributed by atoms with E-state index in [2.05, 4.69) is 5.32 Å². The van der Waals surface area contributed by atoms with Crippen LogP contribution in [0.2, 0.25) is 0 Å². The lowest BCUT2D eigenvalue weighted by atomic mass is 9.95. The van der Waals surface area contributed by atoms with Crippen LogP contribution >= 0.6 is 0 Å². The Hall–Kier alpha value is -3.02. The number of rotatable bonds is 17. The molecule has 1 saturated heterocycles. The van der Waals surface area contributed by atoms with Crippen molar-refractivity contribution < 1.29 is 52.5 Å². The summed E-state index contributed by atoms with van der Waals surface area (Å²) in [5, 5.41) is 2.64. The molecule has 1 heterocycles. The maximum atomic E-state index is 12.8. The summed E-state index contributed by atoms with van der Waals surface area (Å²) in [4.78, 5) is 73.9. The molecule has 3 unspecified atom stereocenters. The summed E-state index contributed by atoms with van der Waals surface area (Å²) < 4.78 is 28.2. The van der Waals surface area contributed by atoms with Gasteiger partial charge in [0, 0.05) is 38.5 Å². The molecular weight excluding hydrogens is 514 g/mol. The number of nitrogens with one attached hydrogen (secondary N) is 1. The van der Waals surface area contributed by atoms with Crippen LogP contribution in [-0.4, -0.2) is 72.8 Å². The third kappa shape index (κ3) is 12.6. The van der Waals surface area contributed by atoms with Gasteiger partial charge >= 0.3 is 23.9 Å². The normalized spacial score (nSPS) is 22.3. The van der Waals surface area contributed by atoms with E-state index in [4.69, 9.17) is 23.7 Å². The van der Waals surface area contributed by atoms with E-state index in [1.54, 1.807) is 27.7 Å². The number of hydrogen-bond donors (Lipinski definition) is 1. The minimum atomic E-state index is -1.46. The van der Waals surface area contributed by atoms with E-state index >= 15 is 0 Å². The summed E-state index contributed by atoms with van der Waals surface area (Å²) >= 11 is 0. The highest BCUT2D eigenvalue weighted by Crippen LogP contribution is 2.29. The first-order valence-electron chi connectivity index (χ1n) is 13.7. The predicted molar refractivity (Wildman–Crippen MR) is 137 cm³/mol. The molecule has 5 atom stereocenters. The first-order valence-corrected chi connectivity index (χ1v) is 13.7. The van der Waals surface area contributed by atoms with Gasteiger partial charge in [0.15, 0.2) is 12.2 Å². The summed E-state index contributed by atoms with van der Waals surface area (Å²) in [6.45, 7) is 8.10. The Balaban J connectivity index is 3.48. The summed E-state index contributed by atoms with van der Waals surface area (Å²) in [6, 6.07) is -1.27. The molecule has 0 aromatic heterocycles. The lowest BCUT2D eigenvalue weighted by Crippen LogP contribution is -2.67. The van der Waals surface area contributed by atoms with Gasteiger partial charge in [-0.25, -0.2) is 0 Å². The topological polar surface area (TPSA) is 161 Å². The third-order valence-corrected chi connectivity index (χ3v) is 5.69. The molecule has 1 aliphatic rings. The van der Waals surface area contributed by atoms with Crippen LogP contribution in [0.25, 0.3) is 0 Å². The number of amides is 1. The SMILES string of the molecule is CCCC(=O)OCC1OC(OC(=O)CCC)C(NC(=O)CCC(C)=O)[C@@H](OC(=O)CCC)[C@H]1OC(=O)CCC. The van der Waals surface area contributed by atoms with Crippen molar-refractivity contribution in [2.24, 2.45) is 0 Å². The lowest BCUT2D eigenvalue weighted by molar-refractivity contribution is -0.272. The van der Waals surface area contributed by atoms with Crippen molar-refractivity contribution in [3.8, 4) is 0 Å². The van der Waals surface area contributed by atoms with Gasteiger partial charge in [-0.1, -0.05) is 27.7 Å². The van der Waals surface area contributed by atoms with E-state index in [1.165, 1.54) is 6.92 Å². The highest BCUT2D eigenvalue weighted by atomic mass is 16.7. The number of esters is 4. The Kier molecular flexibility index (Phi) is 16.0. The molecule has 222 valence electrons. The quantitative estimate of drug-likeness (QED) is 0.207. The van der Waals surface area contributed by atoms with Crippen LogP contribution in [-0.2, 0) is 52.5 Å². The van der Waals surface area contributed by atoms with Crippen molar-refractivity contribution in [1.29, 1.82) is 0 Å². The minimum Gasteiger partial charge on any atom is -0.463 e. The highest BCUT2D eigenvalue weighted by Gasteiger charge is 2.52. The zero-order chi connectivity index (χ0) is 29.4. The van der Waals surface area contributed by atoms with E-state index in [-0.39, 0.29) is 50.9 Å². The molecule has 1 amide bonds. The molecule has 0 bridgehead atoms. The highest BCUT2D eigenvalue weighted by molar-refractivity contribution is 5.83. The van der Waals surface area contributed by atoms with Gasteiger partial charge in [-0.3, -0.25) is 24.0 Å². The Labute approximate surface area is 229 Å². The van der Waals surface area contributed by atoms with E-state index < -0.39 is 60.4 Å². The zero-order valence-electron chi connectivity index (χ0n) is 23.7. The molecule has 0 aliphatic carbocycles. The van der Waals surface area contributed by atoms with Crippen LogP contribution in [0.5, 0.6) is 0 Å². The average molecular weight is 558 g/mol. The average Bonchev–Trinajstić information content (AvgIpc) is 2.85. The summed E-state index contributed by atoms with van der Waals surface area (Å²) in [7, 11) is 0. The summed E-state index contributed by atoms with van der Waals surface area (Å²) in [5.41, 5.74) is 0. The molecule has 0 saturated carbocycles. The molecule has 12 heteroatoms. The summed E-state index contributed by atoms with van der Waals surface area (Å²) in [5.74, 6) is -3.19. The van der Waals surface area contributed by atoms with Crippen LogP contribution in [0.1, 0.15) is 98.8 Å². The standard InChI is InChI=1S/C27H43NO11/c1-6-10-20(31)35-16-18-25(37-21(32)11-7-2)26(38-22(33)12-8-3)24(28-19(30)15-14-17(5)29)27(36-18)39-23(34)13-9-4/h18,24-27H,6-16H2,1-5H3,(H,28,30)/t18?,24?,25-,26+,27?/m0/s1. The van der Waals surface area contributed by atoms with Gasteiger partial charge < -0.3 is 33.8 Å². The van der Waals surface area contributed by atoms with Gasteiger partial charge in [0.2, 0.25) is 12.2 Å². The number of hydrogen-bond acceptors (Lipinski definition) is 11. The van der Waals surface area contributed by atoms with Crippen LogP contribution < -0.4 is 5.32 Å². The van der Waals surface area contributed by atoms with Crippen molar-refractivity contribution in [2.45, 2.75) is 129 Å². The van der Waals surface area contributed by atoms with Crippen molar-refractivity contribution in [1.82, 2.24) is 5.32 Å². The Bertz CT molecular complexity index is 844. The Morgan fingerprint density at radius 2 is 1.13 bits per heavy atom. The van der Waals surface area contributed by atoms with Crippen molar-refractivity contribution in [3.63, 3.8) is 0 Å². The van der Waals surface area contributed by atoms with Crippen LogP contribution in [0.3, 0.4) is 0 Å². The molecule has 1 aliphatic heterocycles. The largest absolute Gasteiger partial charge is 0.463 e. The second-order valence-electron chi connectivity index (χ2n) is 9.42. The molecule has 0 aromatic rings. The van der Waals surface area contributed by atoms with Gasteiger partial charge in [0.05, 0.1) is 0 Å². The van der Waals surface area contributed by atoms with Gasteiger partial charge in [0.1, 0.15) is 24.5 Å². The van der Waals surface area contributed by atoms with Crippen molar-refractivity contribution >= 4 is 35.6 Å². The molecule has 0 radical (unpaired) electrons. The molecule has 12 nitrogen and oxygen atoms in total. The predicted octanol–water partition coefficient (Wildman–Crippen LogP) is 2.68. The smallest absolute Gasteiger partial charge is 0.308 e. The summed E-state index contributed by atoms with van der Waals surface area (Å²) in [6.07, 6.45) is -3.22. The fourth-order valence-corrected chi connectivity index (χ4v) is 3.80. The fourth-order valence-electron chi connectivity index (χ4n) is 3.80. The van der Waals surface area contributed by atoms with Gasteiger partial charge in [-0.15, -0.1) is 0 Å². The maximum Gasteiger partial charge on any atom is 0.308 e. The number of carbonyl (C=O) groups excluding carboxylic acids is 6. The van der Waals surface area contributed by atoms with Gasteiger partial charge in [-0.05, 0) is 32.6 Å². The second kappa shape index (κ2) is 18.3. The molecule has 39 heavy (non-hydrogen) atoms. The van der Waals surface area contributed by atoms with Gasteiger partial charge in [-0.2, -0.15) is 0 Å². The monoisotopic (exact) mass is 557 g/mol. The molecular formula is C27H43NO11. The first kappa shape index (κ1) is 34.0. The Morgan fingerprint density at radius 3 is 1.64 bits per heavy atom. The van der Waals surface area contributed by atoms with E-state index in [0.29, 0.717) is 25.7 Å². The number of ether oxygens (including phenoxy) is 5. The first-order chi connectivity index (χ1) is 18.6.